The lowest BCUT2D eigenvalue weighted by molar-refractivity contribution is 0.194. The lowest BCUT2D eigenvalue weighted by atomic mass is 10.3. The van der Waals surface area contributed by atoms with E-state index in [1.165, 1.54) is 0 Å². The van der Waals surface area contributed by atoms with Crippen LogP contribution in [0.2, 0.25) is 0 Å². The van der Waals surface area contributed by atoms with Crippen LogP contribution in [0.4, 0.5) is 0 Å². The highest BCUT2D eigenvalue weighted by molar-refractivity contribution is 7.91. The van der Waals surface area contributed by atoms with Gasteiger partial charge in [0.2, 0.25) is 0 Å². The zero-order valence-corrected chi connectivity index (χ0v) is 7.86. The van der Waals surface area contributed by atoms with Crippen LogP contribution in [-0.4, -0.2) is 26.5 Å². The van der Waals surface area contributed by atoms with Crippen LogP contribution in [0.3, 0.4) is 0 Å². The molecule has 3 nitrogen and oxygen atoms in total. The molecular weight excluding hydrogens is 164 g/mol. The molecule has 0 saturated heterocycles. The molecule has 4 heteroatoms. The molecule has 0 aliphatic carbocycles. The van der Waals surface area contributed by atoms with E-state index in [1.54, 1.807) is 0 Å². The third kappa shape index (κ3) is 6.31. The second kappa shape index (κ2) is 4.72. The summed E-state index contributed by atoms with van der Waals surface area (Å²) in [4.78, 5) is 0. The van der Waals surface area contributed by atoms with Gasteiger partial charge in [-0.3, -0.25) is 0 Å². The first kappa shape index (κ1) is 10.9. The minimum Gasteiger partial charge on any atom is -0.237 e. The van der Waals surface area contributed by atoms with Gasteiger partial charge in [-0.2, -0.15) is 0 Å². The summed E-state index contributed by atoms with van der Waals surface area (Å²) in [5.41, 5.74) is 0. The zero-order valence-electron chi connectivity index (χ0n) is 7.04. The molecule has 0 aromatic heterocycles. The summed E-state index contributed by atoms with van der Waals surface area (Å²) in [6.07, 6.45) is 0.245. The average molecular weight is 179 g/mol. The van der Waals surface area contributed by atoms with E-state index in [0.29, 0.717) is 0 Å². The molecular formula is C7H15O3S. The number of hydrogen-bond acceptors (Lipinski definition) is 2. The second-order valence-corrected chi connectivity index (χ2v) is 5.29. The van der Waals surface area contributed by atoms with Crippen molar-refractivity contribution in [1.82, 2.24) is 0 Å². The molecule has 1 radical (unpaired) electrons. The molecule has 67 valence electrons. The first-order valence-electron chi connectivity index (χ1n) is 3.76. The van der Waals surface area contributed by atoms with Gasteiger partial charge in [0.15, 0.2) is 9.84 Å². The van der Waals surface area contributed by atoms with Gasteiger partial charge in [-0.25, -0.2) is 13.5 Å². The molecule has 0 amide bonds. The van der Waals surface area contributed by atoms with Gasteiger partial charge < -0.3 is 0 Å². The van der Waals surface area contributed by atoms with E-state index < -0.39 is 9.84 Å². The van der Waals surface area contributed by atoms with Crippen LogP contribution in [0.5, 0.6) is 0 Å². The van der Waals surface area contributed by atoms with Crippen molar-refractivity contribution in [1.29, 1.82) is 0 Å². The zero-order chi connectivity index (χ0) is 8.91. The monoisotopic (exact) mass is 179 g/mol. The Balaban J connectivity index is 3.82. The Morgan fingerprint density at radius 1 is 1.27 bits per heavy atom. The lowest BCUT2D eigenvalue weighted by Crippen LogP contribution is -2.15. The smallest absolute Gasteiger partial charge is 0.150 e. The van der Waals surface area contributed by atoms with E-state index in [1.807, 2.05) is 13.8 Å². The highest BCUT2D eigenvalue weighted by atomic mass is 32.2. The maximum atomic E-state index is 11.1. The summed E-state index contributed by atoms with van der Waals surface area (Å²) in [5.74, 6) is 0.411. The molecule has 0 aliphatic heterocycles. The SMILES string of the molecule is CC(C)CS(=O)(=O)CCC[O]. The Kier molecular flexibility index (Phi) is 4.68. The van der Waals surface area contributed by atoms with Gasteiger partial charge >= 0.3 is 0 Å². The first-order valence-corrected chi connectivity index (χ1v) is 5.58. The van der Waals surface area contributed by atoms with Crippen LogP contribution in [0.15, 0.2) is 0 Å². The van der Waals surface area contributed by atoms with Crippen molar-refractivity contribution in [2.45, 2.75) is 20.3 Å². The fourth-order valence-corrected chi connectivity index (χ4v) is 2.61. The maximum Gasteiger partial charge on any atom is 0.150 e. The topological polar surface area (TPSA) is 54.0 Å². The van der Waals surface area contributed by atoms with E-state index in [9.17, 15) is 13.5 Å². The molecule has 0 saturated carbocycles. The van der Waals surface area contributed by atoms with Gasteiger partial charge in [0.25, 0.3) is 0 Å². The molecule has 0 bridgehead atoms. The minimum atomic E-state index is -2.94. The number of hydrogen-bond donors (Lipinski definition) is 0. The second-order valence-electron chi connectivity index (χ2n) is 3.07. The summed E-state index contributed by atoms with van der Waals surface area (Å²) < 4.78 is 22.1. The van der Waals surface area contributed by atoms with Crippen molar-refractivity contribution in [3.63, 3.8) is 0 Å². The quantitative estimate of drug-likeness (QED) is 0.629. The predicted octanol–water partition coefficient (Wildman–Crippen LogP) is 0.878. The largest absolute Gasteiger partial charge is 0.237 e. The Hall–Kier alpha value is -0.0900. The molecule has 11 heavy (non-hydrogen) atoms. The normalized spacial score (nSPS) is 12.4. The molecule has 0 aliphatic rings. The summed E-state index contributed by atoms with van der Waals surface area (Å²) >= 11 is 0. The fraction of sp³-hybridized carbons (Fsp3) is 1.00. The van der Waals surface area contributed by atoms with Gasteiger partial charge in [-0.15, -0.1) is 0 Å². The van der Waals surface area contributed by atoms with E-state index in [2.05, 4.69) is 0 Å². The summed E-state index contributed by atoms with van der Waals surface area (Å²) in [7, 11) is -2.94. The van der Waals surface area contributed by atoms with Crippen molar-refractivity contribution in [3.05, 3.63) is 0 Å². The molecule has 0 fully saturated rings. The molecule has 0 atom stereocenters. The molecule has 0 rings (SSSR count). The number of sulfone groups is 1. The number of rotatable bonds is 5. The highest BCUT2D eigenvalue weighted by Gasteiger charge is 2.11. The Morgan fingerprint density at radius 3 is 2.18 bits per heavy atom. The van der Waals surface area contributed by atoms with Crippen LogP contribution in [0.25, 0.3) is 0 Å². The molecule has 0 spiro atoms. The van der Waals surface area contributed by atoms with E-state index in [-0.39, 0.29) is 30.5 Å². The first-order chi connectivity index (χ1) is 4.98. The Morgan fingerprint density at radius 2 is 1.82 bits per heavy atom. The lowest BCUT2D eigenvalue weighted by Gasteiger charge is -2.04. The van der Waals surface area contributed by atoms with Crippen molar-refractivity contribution in [2.75, 3.05) is 18.1 Å². The summed E-state index contributed by atoms with van der Waals surface area (Å²) in [6.45, 7) is 3.42. The molecule has 0 heterocycles. The molecule has 0 aromatic rings. The average Bonchev–Trinajstić information content (AvgIpc) is 1.81. The van der Waals surface area contributed by atoms with Crippen molar-refractivity contribution >= 4 is 9.84 Å². The van der Waals surface area contributed by atoms with Crippen LogP contribution in [0.1, 0.15) is 20.3 Å². The van der Waals surface area contributed by atoms with Crippen molar-refractivity contribution in [2.24, 2.45) is 5.92 Å². The fourth-order valence-electron chi connectivity index (χ4n) is 0.870. The Labute approximate surface area is 68.3 Å². The van der Waals surface area contributed by atoms with Crippen molar-refractivity contribution < 1.29 is 13.5 Å². The molecule has 0 N–H and O–H groups in total. The van der Waals surface area contributed by atoms with Crippen LogP contribution in [0, 0.1) is 5.92 Å². The summed E-state index contributed by atoms with van der Waals surface area (Å²) in [5, 5.41) is 10.00. The van der Waals surface area contributed by atoms with Crippen LogP contribution < -0.4 is 0 Å². The minimum absolute atomic E-state index is 0.0503. The van der Waals surface area contributed by atoms with Gasteiger partial charge in [0, 0.05) is 0 Å². The van der Waals surface area contributed by atoms with Gasteiger partial charge in [0.05, 0.1) is 18.1 Å². The summed E-state index contributed by atoms with van der Waals surface area (Å²) in [6, 6.07) is 0. The molecule has 0 aromatic carbocycles. The third-order valence-electron chi connectivity index (χ3n) is 1.19. The molecule has 0 unspecified atom stereocenters. The standard InChI is InChI=1S/C7H15O3S/c1-7(2)6-11(9,10)5-3-4-8/h7H,3-6H2,1-2H3. The van der Waals surface area contributed by atoms with Gasteiger partial charge in [-0.1, -0.05) is 13.8 Å². The van der Waals surface area contributed by atoms with Crippen molar-refractivity contribution in [3.8, 4) is 0 Å². The van der Waals surface area contributed by atoms with Crippen LogP contribution >= 0.6 is 0 Å². The Bertz CT molecular complexity index is 182. The van der Waals surface area contributed by atoms with E-state index >= 15 is 0 Å². The van der Waals surface area contributed by atoms with Crippen LogP contribution in [-0.2, 0) is 14.9 Å². The van der Waals surface area contributed by atoms with E-state index in [0.717, 1.165) is 0 Å². The van der Waals surface area contributed by atoms with Gasteiger partial charge in [0.1, 0.15) is 0 Å². The third-order valence-corrected chi connectivity index (χ3v) is 3.27. The predicted molar refractivity (Wildman–Crippen MR) is 43.7 cm³/mol. The maximum absolute atomic E-state index is 11.1. The van der Waals surface area contributed by atoms with Gasteiger partial charge in [-0.05, 0) is 12.3 Å². The highest BCUT2D eigenvalue weighted by Crippen LogP contribution is 2.01. The van der Waals surface area contributed by atoms with E-state index in [4.69, 9.17) is 0 Å².